The molecule has 0 saturated heterocycles. The predicted octanol–water partition coefficient (Wildman–Crippen LogP) is 2.54. The standard InChI is InChI=1S/C10H10BrN3S/c11-9-3-2-7(15-9)6-8(12)10-13-4-1-5-14-10/h1-5,8H,6,12H2. The summed E-state index contributed by atoms with van der Waals surface area (Å²) in [7, 11) is 0. The molecular weight excluding hydrogens is 274 g/mol. The van der Waals surface area contributed by atoms with E-state index in [-0.39, 0.29) is 6.04 Å². The van der Waals surface area contributed by atoms with Gasteiger partial charge in [-0.05, 0) is 34.1 Å². The molecule has 3 nitrogen and oxygen atoms in total. The second-order valence-electron chi connectivity index (χ2n) is 3.12. The first kappa shape index (κ1) is 10.7. The topological polar surface area (TPSA) is 51.8 Å². The minimum atomic E-state index is -0.128. The van der Waals surface area contributed by atoms with Gasteiger partial charge in [-0.1, -0.05) is 0 Å². The highest BCUT2D eigenvalue weighted by Crippen LogP contribution is 2.24. The van der Waals surface area contributed by atoms with Crippen LogP contribution in [0.4, 0.5) is 0 Å². The van der Waals surface area contributed by atoms with Gasteiger partial charge in [0.1, 0.15) is 5.82 Å². The molecule has 2 aromatic rings. The first-order valence-electron chi connectivity index (χ1n) is 4.52. The van der Waals surface area contributed by atoms with E-state index in [1.54, 1.807) is 29.8 Å². The smallest absolute Gasteiger partial charge is 0.145 e. The first-order valence-corrected chi connectivity index (χ1v) is 6.13. The molecule has 78 valence electrons. The Bertz CT molecular complexity index is 429. The fourth-order valence-corrected chi connectivity index (χ4v) is 2.81. The molecule has 2 N–H and O–H groups in total. The molecule has 1 unspecified atom stereocenters. The van der Waals surface area contributed by atoms with Crippen LogP contribution in [0.1, 0.15) is 16.7 Å². The minimum Gasteiger partial charge on any atom is -0.321 e. The number of nitrogens with two attached hydrogens (primary N) is 1. The van der Waals surface area contributed by atoms with Crippen LogP contribution in [-0.2, 0) is 6.42 Å². The highest BCUT2D eigenvalue weighted by molar-refractivity contribution is 9.11. The predicted molar refractivity (Wildman–Crippen MR) is 64.7 cm³/mol. The zero-order valence-electron chi connectivity index (χ0n) is 7.93. The largest absolute Gasteiger partial charge is 0.321 e. The number of aromatic nitrogens is 2. The molecule has 2 heterocycles. The van der Waals surface area contributed by atoms with Gasteiger partial charge in [-0.25, -0.2) is 9.97 Å². The summed E-state index contributed by atoms with van der Waals surface area (Å²) in [6, 6.07) is 5.75. The monoisotopic (exact) mass is 283 g/mol. The molecule has 0 aliphatic rings. The van der Waals surface area contributed by atoms with Gasteiger partial charge in [-0.2, -0.15) is 0 Å². The molecule has 0 aliphatic carbocycles. The molecule has 15 heavy (non-hydrogen) atoms. The second-order valence-corrected chi connectivity index (χ2v) is 5.67. The van der Waals surface area contributed by atoms with Gasteiger partial charge in [0, 0.05) is 23.7 Å². The third-order valence-electron chi connectivity index (χ3n) is 1.97. The Labute approximate surface area is 101 Å². The van der Waals surface area contributed by atoms with Crippen molar-refractivity contribution >= 4 is 27.3 Å². The van der Waals surface area contributed by atoms with Crippen LogP contribution in [-0.4, -0.2) is 9.97 Å². The van der Waals surface area contributed by atoms with E-state index in [2.05, 4.69) is 32.0 Å². The van der Waals surface area contributed by atoms with Gasteiger partial charge >= 0.3 is 0 Å². The summed E-state index contributed by atoms with van der Waals surface area (Å²) in [6.45, 7) is 0. The number of thiophene rings is 1. The van der Waals surface area contributed by atoms with E-state index in [0.29, 0.717) is 5.82 Å². The molecule has 1 atom stereocenters. The van der Waals surface area contributed by atoms with Gasteiger partial charge in [0.15, 0.2) is 0 Å². The Morgan fingerprint density at radius 1 is 1.33 bits per heavy atom. The third-order valence-corrected chi connectivity index (χ3v) is 3.61. The van der Waals surface area contributed by atoms with Crippen LogP contribution in [0.2, 0.25) is 0 Å². The van der Waals surface area contributed by atoms with E-state index >= 15 is 0 Å². The SMILES string of the molecule is NC(Cc1ccc(Br)s1)c1ncccn1. The third kappa shape index (κ3) is 2.84. The van der Waals surface area contributed by atoms with Gasteiger partial charge in [0.2, 0.25) is 0 Å². The quantitative estimate of drug-likeness (QED) is 0.942. The summed E-state index contributed by atoms with van der Waals surface area (Å²) in [5.74, 6) is 0.696. The van der Waals surface area contributed by atoms with Crippen LogP contribution in [0.5, 0.6) is 0 Å². The van der Waals surface area contributed by atoms with E-state index in [1.165, 1.54) is 4.88 Å². The lowest BCUT2D eigenvalue weighted by molar-refractivity contribution is 0.673. The van der Waals surface area contributed by atoms with Crippen LogP contribution < -0.4 is 5.73 Å². The fourth-order valence-electron chi connectivity index (χ4n) is 1.27. The van der Waals surface area contributed by atoms with E-state index in [0.717, 1.165) is 10.2 Å². The summed E-state index contributed by atoms with van der Waals surface area (Å²) in [5.41, 5.74) is 6.00. The Kier molecular flexibility index (Phi) is 3.45. The maximum Gasteiger partial charge on any atom is 0.145 e. The maximum absolute atomic E-state index is 6.00. The van der Waals surface area contributed by atoms with Crippen molar-refractivity contribution in [3.8, 4) is 0 Å². The Morgan fingerprint density at radius 3 is 2.67 bits per heavy atom. The molecule has 0 spiro atoms. The average molecular weight is 284 g/mol. The van der Waals surface area contributed by atoms with Crippen LogP contribution in [0.3, 0.4) is 0 Å². The Morgan fingerprint density at radius 2 is 2.07 bits per heavy atom. The maximum atomic E-state index is 6.00. The molecule has 0 saturated carbocycles. The highest BCUT2D eigenvalue weighted by Gasteiger charge is 2.10. The van der Waals surface area contributed by atoms with Crippen LogP contribution in [0, 0.1) is 0 Å². The van der Waals surface area contributed by atoms with Crippen molar-refractivity contribution in [2.45, 2.75) is 12.5 Å². The molecule has 0 aliphatic heterocycles. The van der Waals surface area contributed by atoms with Crippen molar-refractivity contribution in [1.29, 1.82) is 0 Å². The van der Waals surface area contributed by atoms with Crippen molar-refractivity contribution in [3.63, 3.8) is 0 Å². The summed E-state index contributed by atoms with van der Waals surface area (Å²) >= 11 is 5.12. The van der Waals surface area contributed by atoms with Crippen LogP contribution in [0.25, 0.3) is 0 Å². The number of rotatable bonds is 3. The summed E-state index contributed by atoms with van der Waals surface area (Å²) < 4.78 is 1.12. The summed E-state index contributed by atoms with van der Waals surface area (Å²) in [6.07, 6.45) is 4.21. The number of nitrogens with zero attached hydrogens (tertiary/aromatic N) is 2. The number of hydrogen-bond donors (Lipinski definition) is 1. The van der Waals surface area contributed by atoms with E-state index in [4.69, 9.17) is 5.73 Å². The molecule has 0 radical (unpaired) electrons. The summed E-state index contributed by atoms with van der Waals surface area (Å²) in [4.78, 5) is 9.51. The lowest BCUT2D eigenvalue weighted by atomic mass is 10.2. The van der Waals surface area contributed by atoms with Gasteiger partial charge in [-0.3, -0.25) is 0 Å². The van der Waals surface area contributed by atoms with Crippen molar-refractivity contribution in [1.82, 2.24) is 9.97 Å². The lowest BCUT2D eigenvalue weighted by Gasteiger charge is -2.07. The van der Waals surface area contributed by atoms with E-state index < -0.39 is 0 Å². The van der Waals surface area contributed by atoms with Gasteiger partial charge in [0.25, 0.3) is 0 Å². The van der Waals surface area contributed by atoms with Gasteiger partial charge < -0.3 is 5.73 Å². The highest BCUT2D eigenvalue weighted by atomic mass is 79.9. The van der Waals surface area contributed by atoms with E-state index in [9.17, 15) is 0 Å². The zero-order valence-corrected chi connectivity index (χ0v) is 10.3. The van der Waals surface area contributed by atoms with Gasteiger partial charge in [-0.15, -0.1) is 11.3 Å². The lowest BCUT2D eigenvalue weighted by Crippen LogP contribution is -2.15. The van der Waals surface area contributed by atoms with Crippen LogP contribution in [0.15, 0.2) is 34.4 Å². The molecular formula is C10H10BrN3S. The Balaban J connectivity index is 2.07. The zero-order chi connectivity index (χ0) is 10.7. The normalized spacial score (nSPS) is 12.7. The average Bonchev–Trinajstić information content (AvgIpc) is 2.65. The fraction of sp³-hybridized carbons (Fsp3) is 0.200. The van der Waals surface area contributed by atoms with Crippen molar-refractivity contribution in [2.75, 3.05) is 0 Å². The molecule has 2 rings (SSSR count). The molecule has 0 amide bonds. The molecule has 5 heteroatoms. The number of halogens is 1. The first-order chi connectivity index (χ1) is 7.25. The Hall–Kier alpha value is -0.780. The minimum absolute atomic E-state index is 0.128. The van der Waals surface area contributed by atoms with Crippen LogP contribution >= 0.6 is 27.3 Å². The van der Waals surface area contributed by atoms with Crippen molar-refractivity contribution in [2.24, 2.45) is 5.73 Å². The molecule has 0 fully saturated rings. The van der Waals surface area contributed by atoms with Crippen molar-refractivity contribution < 1.29 is 0 Å². The summed E-state index contributed by atoms with van der Waals surface area (Å²) in [5, 5.41) is 0. The number of hydrogen-bond acceptors (Lipinski definition) is 4. The second kappa shape index (κ2) is 4.83. The molecule has 0 aromatic carbocycles. The van der Waals surface area contributed by atoms with E-state index in [1.807, 2.05) is 6.07 Å². The van der Waals surface area contributed by atoms with Gasteiger partial charge in [0.05, 0.1) is 9.83 Å². The molecule has 2 aromatic heterocycles. The van der Waals surface area contributed by atoms with Crippen molar-refractivity contribution in [3.05, 3.63) is 45.1 Å². The molecule has 0 bridgehead atoms.